The minimum absolute atomic E-state index is 0.0345. The van der Waals surface area contributed by atoms with E-state index >= 15 is 0 Å². The molecule has 0 N–H and O–H groups in total. The molecular weight excluding hydrogens is 500 g/mol. The number of ketones is 1. The fourth-order valence-electron chi connectivity index (χ4n) is 4.29. The maximum absolute atomic E-state index is 12.7. The van der Waals surface area contributed by atoms with Gasteiger partial charge in [-0.2, -0.15) is 0 Å². The normalized spacial score (nSPS) is 11.3. The molecule has 5 aromatic carbocycles. The predicted molar refractivity (Wildman–Crippen MR) is 154 cm³/mol. The fourth-order valence-corrected chi connectivity index (χ4v) is 4.29. The van der Waals surface area contributed by atoms with Gasteiger partial charge in [-0.3, -0.25) is 4.79 Å². The summed E-state index contributed by atoms with van der Waals surface area (Å²) in [7, 11) is 1.35. The summed E-state index contributed by atoms with van der Waals surface area (Å²) >= 11 is 0. The molecule has 0 spiro atoms. The van der Waals surface area contributed by atoms with E-state index in [1.807, 2.05) is 121 Å². The van der Waals surface area contributed by atoms with Crippen molar-refractivity contribution < 1.29 is 23.8 Å². The second-order valence-electron chi connectivity index (χ2n) is 9.16. The van der Waals surface area contributed by atoms with Crippen molar-refractivity contribution in [3.8, 4) is 22.6 Å². The summed E-state index contributed by atoms with van der Waals surface area (Å²) in [6, 6.07) is 41.4. The number of ether oxygens (including phenoxy) is 3. The van der Waals surface area contributed by atoms with Crippen LogP contribution in [0.5, 0.6) is 11.5 Å². The summed E-state index contributed by atoms with van der Waals surface area (Å²) < 4.78 is 16.9. The van der Waals surface area contributed by atoms with Crippen LogP contribution in [-0.4, -0.2) is 18.9 Å². The van der Waals surface area contributed by atoms with Gasteiger partial charge in [0.05, 0.1) is 7.11 Å². The van der Waals surface area contributed by atoms with Crippen molar-refractivity contribution in [2.75, 3.05) is 7.11 Å². The number of hydrogen-bond donors (Lipinski definition) is 0. The molecule has 0 amide bonds. The topological polar surface area (TPSA) is 61.8 Å². The molecule has 5 rings (SSSR count). The average Bonchev–Trinajstić information content (AvgIpc) is 3.03. The highest BCUT2D eigenvalue weighted by Crippen LogP contribution is 2.27. The Balaban J connectivity index is 1.21. The zero-order valence-corrected chi connectivity index (χ0v) is 22.0. The second kappa shape index (κ2) is 12.6. The van der Waals surface area contributed by atoms with Crippen molar-refractivity contribution in [3.63, 3.8) is 0 Å². The van der Waals surface area contributed by atoms with Crippen molar-refractivity contribution in [1.29, 1.82) is 0 Å². The van der Waals surface area contributed by atoms with Gasteiger partial charge in [0.2, 0.25) is 6.10 Å². The Hall–Kier alpha value is -5.16. The Bertz CT molecular complexity index is 1560. The van der Waals surface area contributed by atoms with Gasteiger partial charge in [0.1, 0.15) is 18.1 Å². The monoisotopic (exact) mass is 528 g/mol. The molecule has 1 atom stereocenters. The number of esters is 1. The molecule has 0 fully saturated rings. The molecule has 0 saturated heterocycles. The summed E-state index contributed by atoms with van der Waals surface area (Å²) in [4.78, 5) is 25.1. The zero-order valence-electron chi connectivity index (χ0n) is 22.0. The van der Waals surface area contributed by atoms with Gasteiger partial charge in [-0.05, 0) is 41.0 Å². The molecule has 5 aromatic rings. The van der Waals surface area contributed by atoms with Crippen LogP contribution in [-0.2, 0) is 16.1 Å². The summed E-state index contributed by atoms with van der Waals surface area (Å²) in [5.74, 6) is 0.721. The maximum atomic E-state index is 12.7. The number of rotatable bonds is 10. The third-order valence-corrected chi connectivity index (χ3v) is 6.45. The van der Waals surface area contributed by atoms with Crippen molar-refractivity contribution >= 4 is 11.8 Å². The van der Waals surface area contributed by atoms with Crippen molar-refractivity contribution in [3.05, 3.63) is 156 Å². The highest BCUT2D eigenvalue weighted by molar-refractivity contribution is 6.09. The van der Waals surface area contributed by atoms with Gasteiger partial charge in [-0.25, -0.2) is 4.79 Å². The lowest BCUT2D eigenvalue weighted by molar-refractivity contribution is -0.149. The fraction of sp³-hybridized carbons (Fsp3) is 0.0857. The Morgan fingerprint density at radius 1 is 0.625 bits per heavy atom. The molecule has 0 bridgehead atoms. The minimum atomic E-state index is -0.839. The first-order chi connectivity index (χ1) is 19.6. The van der Waals surface area contributed by atoms with Crippen LogP contribution < -0.4 is 9.47 Å². The average molecular weight is 529 g/mol. The van der Waals surface area contributed by atoms with Gasteiger partial charge in [0.25, 0.3) is 0 Å². The van der Waals surface area contributed by atoms with E-state index in [0.29, 0.717) is 29.2 Å². The van der Waals surface area contributed by atoms with E-state index in [-0.39, 0.29) is 5.78 Å². The van der Waals surface area contributed by atoms with Gasteiger partial charge in [-0.1, -0.05) is 109 Å². The van der Waals surface area contributed by atoms with Gasteiger partial charge >= 0.3 is 5.97 Å². The van der Waals surface area contributed by atoms with Crippen molar-refractivity contribution in [2.45, 2.75) is 12.7 Å². The molecule has 0 aliphatic carbocycles. The number of hydrogen-bond acceptors (Lipinski definition) is 5. The molecule has 0 radical (unpaired) electrons. The van der Waals surface area contributed by atoms with Gasteiger partial charge in [-0.15, -0.1) is 0 Å². The van der Waals surface area contributed by atoms with Gasteiger partial charge in [0, 0.05) is 16.7 Å². The van der Waals surface area contributed by atoms with Gasteiger partial charge in [0.15, 0.2) is 5.78 Å². The van der Waals surface area contributed by atoms with Gasteiger partial charge < -0.3 is 14.2 Å². The smallest absolute Gasteiger partial charge is 0.351 e. The van der Waals surface area contributed by atoms with Crippen molar-refractivity contribution in [1.82, 2.24) is 0 Å². The molecule has 0 aliphatic rings. The molecule has 0 heterocycles. The minimum Gasteiger partial charge on any atom is -0.489 e. The molecule has 0 saturated carbocycles. The lowest BCUT2D eigenvalue weighted by atomic mass is 10.0. The van der Waals surface area contributed by atoms with E-state index in [0.717, 1.165) is 22.3 Å². The van der Waals surface area contributed by atoms with E-state index < -0.39 is 12.1 Å². The quantitative estimate of drug-likeness (QED) is 0.139. The summed E-state index contributed by atoms with van der Waals surface area (Å²) in [5.41, 5.74) is 5.03. The van der Waals surface area contributed by atoms with Crippen LogP contribution in [0.15, 0.2) is 133 Å². The third kappa shape index (κ3) is 6.45. The summed E-state index contributed by atoms with van der Waals surface area (Å²) in [6.45, 7) is 0.379. The first-order valence-corrected chi connectivity index (χ1v) is 12.9. The molecule has 5 heteroatoms. The van der Waals surface area contributed by atoms with E-state index in [2.05, 4.69) is 0 Å². The highest BCUT2D eigenvalue weighted by atomic mass is 16.6. The first kappa shape index (κ1) is 26.4. The number of carbonyl (C=O) groups is 2. The molecular formula is C35H28O5. The number of carbonyl (C=O) groups excluding carboxylic acids is 2. The molecule has 198 valence electrons. The van der Waals surface area contributed by atoms with E-state index in [1.165, 1.54) is 7.11 Å². The molecule has 0 aliphatic heterocycles. The lowest BCUT2D eigenvalue weighted by Crippen LogP contribution is -2.20. The zero-order chi connectivity index (χ0) is 27.7. The SMILES string of the molecule is COC(=O)C(Oc1ccc(-c2ccc(COc3cccc(C(=O)c4ccccc4)c3)cc2)cc1)c1ccccc1. The van der Waals surface area contributed by atoms with Crippen LogP contribution in [0.25, 0.3) is 11.1 Å². The lowest BCUT2D eigenvalue weighted by Gasteiger charge is -2.17. The molecule has 40 heavy (non-hydrogen) atoms. The Morgan fingerprint density at radius 2 is 1.23 bits per heavy atom. The first-order valence-electron chi connectivity index (χ1n) is 12.9. The number of methoxy groups -OCH3 is 1. The highest BCUT2D eigenvalue weighted by Gasteiger charge is 2.23. The maximum Gasteiger partial charge on any atom is 0.351 e. The second-order valence-corrected chi connectivity index (χ2v) is 9.16. The van der Waals surface area contributed by atoms with E-state index in [1.54, 1.807) is 12.1 Å². The summed E-state index contributed by atoms with van der Waals surface area (Å²) in [5, 5.41) is 0. The largest absolute Gasteiger partial charge is 0.489 e. The molecule has 5 nitrogen and oxygen atoms in total. The Kier molecular flexibility index (Phi) is 8.32. The molecule has 1 unspecified atom stereocenters. The van der Waals surface area contributed by atoms with Crippen LogP contribution in [0.2, 0.25) is 0 Å². The van der Waals surface area contributed by atoms with Crippen LogP contribution in [0, 0.1) is 0 Å². The van der Waals surface area contributed by atoms with Crippen LogP contribution in [0.1, 0.15) is 33.2 Å². The van der Waals surface area contributed by atoms with Crippen LogP contribution in [0.3, 0.4) is 0 Å². The van der Waals surface area contributed by atoms with E-state index in [9.17, 15) is 9.59 Å². The molecule has 0 aromatic heterocycles. The predicted octanol–water partition coefficient (Wildman–Crippen LogP) is 7.46. The number of benzene rings is 5. The van der Waals surface area contributed by atoms with Crippen LogP contribution >= 0.6 is 0 Å². The van der Waals surface area contributed by atoms with E-state index in [4.69, 9.17) is 14.2 Å². The third-order valence-electron chi connectivity index (χ3n) is 6.45. The Labute approximate surface area is 233 Å². The standard InChI is InChI=1S/C35H28O5/c1-38-35(37)34(29-11-6-3-7-12-29)40-31-21-19-27(20-22-31)26-17-15-25(16-18-26)24-39-32-14-8-13-30(23-32)33(36)28-9-4-2-5-10-28/h2-23,34H,24H2,1H3. The Morgan fingerprint density at radius 3 is 1.88 bits per heavy atom. The van der Waals surface area contributed by atoms with Crippen LogP contribution in [0.4, 0.5) is 0 Å². The summed E-state index contributed by atoms with van der Waals surface area (Å²) in [6.07, 6.45) is -0.839. The van der Waals surface area contributed by atoms with Crippen molar-refractivity contribution in [2.24, 2.45) is 0 Å².